The van der Waals surface area contributed by atoms with Crippen LogP contribution in [-0.2, 0) is 10.0 Å². The van der Waals surface area contributed by atoms with Gasteiger partial charge in [-0.2, -0.15) is 9.41 Å². The summed E-state index contributed by atoms with van der Waals surface area (Å²) >= 11 is 0. The maximum Gasteiger partial charge on any atom is 0.271 e. The van der Waals surface area contributed by atoms with Gasteiger partial charge in [-0.3, -0.25) is 9.78 Å². The molecule has 7 nitrogen and oxygen atoms in total. The van der Waals surface area contributed by atoms with Crippen LogP contribution in [-0.4, -0.2) is 42.4 Å². The number of aromatic nitrogens is 1. The molecule has 2 aromatic carbocycles. The van der Waals surface area contributed by atoms with E-state index in [9.17, 15) is 13.2 Å². The molecule has 0 aliphatic heterocycles. The Balaban J connectivity index is 1.91. The van der Waals surface area contributed by atoms with E-state index in [1.807, 2.05) is 36.4 Å². The molecular weight excluding hydrogens is 412 g/mol. The number of sulfonamides is 1. The van der Waals surface area contributed by atoms with Gasteiger partial charge in [-0.25, -0.2) is 13.8 Å². The van der Waals surface area contributed by atoms with Crippen LogP contribution in [0.1, 0.15) is 35.5 Å². The molecule has 1 amide bonds. The summed E-state index contributed by atoms with van der Waals surface area (Å²) in [5.74, 6) is -0.513. The Hall–Kier alpha value is -3.36. The van der Waals surface area contributed by atoms with Crippen molar-refractivity contribution >= 4 is 21.6 Å². The maximum absolute atomic E-state index is 12.8. The Bertz CT molecular complexity index is 1120. The predicted molar refractivity (Wildman–Crippen MR) is 120 cm³/mol. The molecule has 3 aromatic rings. The van der Waals surface area contributed by atoms with Crippen LogP contribution in [0.4, 0.5) is 0 Å². The summed E-state index contributed by atoms with van der Waals surface area (Å²) in [5, 5.41) is 4.29. The lowest BCUT2D eigenvalue weighted by Crippen LogP contribution is -2.31. The fourth-order valence-corrected chi connectivity index (χ4v) is 4.55. The smallest absolute Gasteiger partial charge is 0.267 e. The second-order valence-corrected chi connectivity index (χ2v) is 8.54. The van der Waals surface area contributed by atoms with Gasteiger partial charge >= 0.3 is 0 Å². The van der Waals surface area contributed by atoms with E-state index in [0.717, 1.165) is 5.56 Å². The van der Waals surface area contributed by atoms with Gasteiger partial charge in [0.15, 0.2) is 0 Å². The van der Waals surface area contributed by atoms with Crippen LogP contribution >= 0.6 is 0 Å². The van der Waals surface area contributed by atoms with E-state index in [2.05, 4.69) is 15.5 Å². The first-order chi connectivity index (χ1) is 15.0. The normalized spacial score (nSPS) is 12.0. The Labute approximate surface area is 182 Å². The van der Waals surface area contributed by atoms with Crippen molar-refractivity contribution in [2.24, 2.45) is 5.10 Å². The van der Waals surface area contributed by atoms with Crippen molar-refractivity contribution < 1.29 is 13.2 Å². The first-order valence-electron chi connectivity index (χ1n) is 9.92. The number of pyridine rings is 1. The second kappa shape index (κ2) is 10.1. The molecule has 0 aliphatic rings. The highest BCUT2D eigenvalue weighted by molar-refractivity contribution is 7.89. The number of hydrogen-bond donors (Lipinski definition) is 1. The van der Waals surface area contributed by atoms with Crippen molar-refractivity contribution in [3.63, 3.8) is 0 Å². The number of carbonyl (C=O) groups is 1. The molecule has 3 rings (SSSR count). The SMILES string of the molecule is CCN(CC)S(=O)(=O)c1cccc(C(=O)N/N=C(/c2ccccc2)c2ccccn2)c1. The largest absolute Gasteiger partial charge is 0.271 e. The van der Waals surface area contributed by atoms with Crippen molar-refractivity contribution in [1.82, 2.24) is 14.7 Å². The Morgan fingerprint density at radius 3 is 2.26 bits per heavy atom. The minimum absolute atomic E-state index is 0.0702. The Morgan fingerprint density at radius 1 is 0.935 bits per heavy atom. The van der Waals surface area contributed by atoms with Gasteiger partial charge in [-0.05, 0) is 30.3 Å². The van der Waals surface area contributed by atoms with Gasteiger partial charge in [0, 0.05) is 30.4 Å². The average molecular weight is 437 g/mol. The molecule has 0 atom stereocenters. The van der Waals surface area contributed by atoms with E-state index in [4.69, 9.17) is 0 Å². The standard InChI is InChI=1S/C23H24N4O3S/c1-3-27(4-2)31(29,30)20-14-10-13-19(17-20)23(28)26-25-22(18-11-6-5-7-12-18)21-15-8-9-16-24-21/h5-17H,3-4H2,1-2H3,(H,26,28)/b25-22-. The zero-order valence-corrected chi connectivity index (χ0v) is 18.2. The number of rotatable bonds is 8. The van der Waals surface area contributed by atoms with Gasteiger partial charge in [0.25, 0.3) is 5.91 Å². The van der Waals surface area contributed by atoms with Crippen LogP contribution < -0.4 is 5.43 Å². The van der Waals surface area contributed by atoms with E-state index in [-0.39, 0.29) is 10.5 Å². The summed E-state index contributed by atoms with van der Waals surface area (Å²) in [6.45, 7) is 4.25. The molecule has 0 saturated heterocycles. The predicted octanol–water partition coefficient (Wildman–Crippen LogP) is 3.29. The monoisotopic (exact) mass is 436 g/mol. The summed E-state index contributed by atoms with van der Waals surface area (Å²) in [6, 6.07) is 20.8. The Morgan fingerprint density at radius 2 is 1.61 bits per heavy atom. The van der Waals surface area contributed by atoms with E-state index in [0.29, 0.717) is 24.5 Å². The van der Waals surface area contributed by atoms with Gasteiger partial charge in [-0.1, -0.05) is 56.3 Å². The molecule has 0 fully saturated rings. The molecule has 0 saturated carbocycles. The minimum atomic E-state index is -3.67. The Kier molecular flexibility index (Phi) is 7.28. The van der Waals surface area contributed by atoms with Gasteiger partial charge in [0.2, 0.25) is 10.0 Å². The summed E-state index contributed by atoms with van der Waals surface area (Å²) in [5.41, 5.74) is 4.63. The molecule has 160 valence electrons. The van der Waals surface area contributed by atoms with Crippen LogP contribution in [0.15, 0.2) is 89.0 Å². The van der Waals surface area contributed by atoms with E-state index < -0.39 is 15.9 Å². The zero-order valence-electron chi connectivity index (χ0n) is 17.4. The van der Waals surface area contributed by atoms with Gasteiger partial charge in [-0.15, -0.1) is 0 Å². The molecule has 31 heavy (non-hydrogen) atoms. The van der Waals surface area contributed by atoms with E-state index in [1.165, 1.54) is 16.4 Å². The molecule has 8 heteroatoms. The lowest BCUT2D eigenvalue weighted by molar-refractivity contribution is 0.0954. The van der Waals surface area contributed by atoms with Crippen molar-refractivity contribution in [2.75, 3.05) is 13.1 Å². The molecular formula is C23H24N4O3S. The lowest BCUT2D eigenvalue weighted by Gasteiger charge is -2.18. The molecule has 1 aromatic heterocycles. The molecule has 0 aliphatic carbocycles. The van der Waals surface area contributed by atoms with Crippen LogP contribution in [0.25, 0.3) is 0 Å². The second-order valence-electron chi connectivity index (χ2n) is 6.60. The molecule has 0 unspecified atom stereocenters. The van der Waals surface area contributed by atoms with E-state index >= 15 is 0 Å². The van der Waals surface area contributed by atoms with Crippen LogP contribution in [0, 0.1) is 0 Å². The summed E-state index contributed by atoms with van der Waals surface area (Å²) in [7, 11) is -3.67. The molecule has 0 spiro atoms. The highest BCUT2D eigenvalue weighted by Crippen LogP contribution is 2.17. The fraction of sp³-hybridized carbons (Fsp3) is 0.174. The number of amides is 1. The molecule has 1 N–H and O–H groups in total. The quantitative estimate of drug-likeness (QED) is 0.433. The zero-order chi connectivity index (χ0) is 22.3. The molecule has 1 heterocycles. The van der Waals surface area contributed by atoms with Gasteiger partial charge in [0.1, 0.15) is 5.71 Å². The van der Waals surface area contributed by atoms with Crippen molar-refractivity contribution in [1.29, 1.82) is 0 Å². The summed E-state index contributed by atoms with van der Waals surface area (Å²) in [6.07, 6.45) is 1.65. The van der Waals surface area contributed by atoms with Gasteiger partial charge < -0.3 is 0 Å². The highest BCUT2D eigenvalue weighted by Gasteiger charge is 2.22. The number of hydrazone groups is 1. The number of hydrogen-bond acceptors (Lipinski definition) is 5. The van der Waals surface area contributed by atoms with Crippen LogP contribution in [0.3, 0.4) is 0 Å². The molecule has 0 radical (unpaired) electrons. The number of nitrogens with one attached hydrogen (secondary N) is 1. The topological polar surface area (TPSA) is 91.7 Å². The number of carbonyl (C=O) groups excluding carboxylic acids is 1. The van der Waals surface area contributed by atoms with Crippen molar-refractivity contribution in [3.05, 3.63) is 95.8 Å². The minimum Gasteiger partial charge on any atom is -0.267 e. The highest BCUT2D eigenvalue weighted by atomic mass is 32.2. The summed E-state index contributed by atoms with van der Waals surface area (Å²) in [4.78, 5) is 17.1. The number of benzene rings is 2. The van der Waals surface area contributed by atoms with Crippen molar-refractivity contribution in [3.8, 4) is 0 Å². The third-order valence-electron chi connectivity index (χ3n) is 4.66. The first-order valence-corrected chi connectivity index (χ1v) is 11.4. The van der Waals surface area contributed by atoms with E-state index in [1.54, 1.807) is 44.3 Å². The summed E-state index contributed by atoms with van der Waals surface area (Å²) < 4.78 is 26.9. The van der Waals surface area contributed by atoms with Crippen LogP contribution in [0.5, 0.6) is 0 Å². The van der Waals surface area contributed by atoms with Crippen molar-refractivity contribution in [2.45, 2.75) is 18.7 Å². The molecule has 0 bridgehead atoms. The first kappa shape index (κ1) is 22.3. The van der Waals surface area contributed by atoms with Gasteiger partial charge in [0.05, 0.1) is 10.6 Å². The third-order valence-corrected chi connectivity index (χ3v) is 6.71. The lowest BCUT2D eigenvalue weighted by atomic mass is 10.1. The average Bonchev–Trinajstić information content (AvgIpc) is 2.81. The maximum atomic E-state index is 12.8. The van der Waals surface area contributed by atoms with Crippen LogP contribution in [0.2, 0.25) is 0 Å². The fourth-order valence-electron chi connectivity index (χ4n) is 3.05. The number of nitrogens with zero attached hydrogens (tertiary/aromatic N) is 3. The third kappa shape index (κ3) is 5.22.